The van der Waals surface area contributed by atoms with Crippen LogP contribution in [-0.2, 0) is 4.74 Å². The molecule has 0 aliphatic carbocycles. The van der Waals surface area contributed by atoms with Gasteiger partial charge in [-0.3, -0.25) is 0 Å². The Morgan fingerprint density at radius 2 is 1.94 bits per heavy atom. The average molecular weight is 246 g/mol. The lowest BCUT2D eigenvalue weighted by Gasteiger charge is -2.18. The third-order valence-corrected chi connectivity index (χ3v) is 1.80. The highest BCUT2D eigenvalue weighted by Gasteiger charge is 2.14. The molecule has 0 aliphatic heterocycles. The molecule has 0 unspecified atom stereocenters. The molecule has 1 N–H and O–H groups in total. The minimum atomic E-state index is -0.563. The number of ether oxygens (including phenoxy) is 1. The van der Waals surface area contributed by atoms with Crippen LogP contribution < -0.4 is 5.43 Å². The van der Waals surface area contributed by atoms with Crippen molar-refractivity contribution in [2.75, 3.05) is 0 Å². The van der Waals surface area contributed by atoms with Crippen LogP contribution in [0.4, 0.5) is 4.79 Å². The Labute approximate surface area is 107 Å². The fourth-order valence-corrected chi connectivity index (χ4v) is 1.15. The summed E-state index contributed by atoms with van der Waals surface area (Å²) in [5, 5.41) is 3.73. The summed E-state index contributed by atoms with van der Waals surface area (Å²) in [5.41, 5.74) is 2.84. The molecule has 0 fully saturated rings. The molecule has 0 bridgehead atoms. The molecule has 1 aromatic rings. The van der Waals surface area contributed by atoms with E-state index in [-0.39, 0.29) is 0 Å². The van der Waals surface area contributed by atoms with E-state index in [9.17, 15) is 4.79 Å². The van der Waals surface area contributed by atoms with Crippen molar-refractivity contribution in [3.63, 3.8) is 0 Å². The van der Waals surface area contributed by atoms with Gasteiger partial charge >= 0.3 is 6.09 Å². The number of hydrazone groups is 1. The Balaban J connectivity index is 2.34. The van der Waals surface area contributed by atoms with Gasteiger partial charge in [0, 0.05) is 6.21 Å². The molecule has 0 atom stereocenters. The molecule has 0 radical (unpaired) electrons. The fourth-order valence-electron chi connectivity index (χ4n) is 1.15. The molecule has 0 spiro atoms. The number of hydrogen-bond acceptors (Lipinski definition) is 3. The summed E-state index contributed by atoms with van der Waals surface area (Å²) in [7, 11) is 0. The Hall–Kier alpha value is -2.10. The predicted octanol–water partition coefficient (Wildman–Crippen LogP) is 3.21. The van der Waals surface area contributed by atoms with Crippen LogP contribution in [0.2, 0.25) is 0 Å². The lowest BCUT2D eigenvalue weighted by Crippen LogP contribution is -2.29. The van der Waals surface area contributed by atoms with Gasteiger partial charge in [0.25, 0.3) is 0 Å². The van der Waals surface area contributed by atoms with E-state index in [1.165, 1.54) is 6.21 Å². The van der Waals surface area contributed by atoms with Crippen molar-refractivity contribution in [3.05, 3.63) is 42.0 Å². The van der Waals surface area contributed by atoms with Gasteiger partial charge in [0.05, 0.1) is 0 Å². The lowest BCUT2D eigenvalue weighted by atomic mass is 10.2. The molecule has 1 rings (SSSR count). The van der Waals surface area contributed by atoms with Gasteiger partial charge in [-0.15, -0.1) is 0 Å². The van der Waals surface area contributed by atoms with Gasteiger partial charge in [-0.05, 0) is 32.4 Å². The Morgan fingerprint density at radius 1 is 1.28 bits per heavy atom. The van der Waals surface area contributed by atoms with Crippen LogP contribution in [0.25, 0.3) is 6.08 Å². The number of hydrogen-bond donors (Lipinski definition) is 1. The Bertz CT molecular complexity index is 431. The van der Waals surface area contributed by atoms with E-state index in [0.29, 0.717) is 0 Å². The smallest absolute Gasteiger partial charge is 0.428 e. The average Bonchev–Trinajstić information content (AvgIpc) is 2.27. The second kappa shape index (κ2) is 6.59. The molecule has 0 aliphatic rings. The molecular weight excluding hydrogens is 228 g/mol. The van der Waals surface area contributed by atoms with Crippen LogP contribution in [-0.4, -0.2) is 17.9 Å². The quantitative estimate of drug-likeness (QED) is 0.657. The van der Waals surface area contributed by atoms with E-state index < -0.39 is 11.7 Å². The summed E-state index contributed by atoms with van der Waals surface area (Å²) in [6.45, 7) is 5.39. The highest BCUT2D eigenvalue weighted by Crippen LogP contribution is 2.06. The molecule has 18 heavy (non-hydrogen) atoms. The van der Waals surface area contributed by atoms with Crippen LogP contribution >= 0.6 is 0 Å². The first-order valence-electron chi connectivity index (χ1n) is 5.71. The molecule has 0 saturated carbocycles. The van der Waals surface area contributed by atoms with Gasteiger partial charge in [0.15, 0.2) is 0 Å². The SMILES string of the molecule is CC(C)(C)OC(=O)N/N=C/C=C/c1ccccc1. The van der Waals surface area contributed by atoms with E-state index in [2.05, 4.69) is 10.5 Å². The van der Waals surface area contributed by atoms with Gasteiger partial charge in [-0.25, -0.2) is 10.2 Å². The molecule has 4 nitrogen and oxygen atoms in total. The molecule has 4 heteroatoms. The monoisotopic (exact) mass is 246 g/mol. The second-order valence-corrected chi connectivity index (χ2v) is 4.66. The number of allylic oxidation sites excluding steroid dienone is 1. The molecule has 96 valence electrons. The summed E-state index contributed by atoms with van der Waals surface area (Å²) in [5.74, 6) is 0. The zero-order valence-corrected chi connectivity index (χ0v) is 10.9. The van der Waals surface area contributed by atoms with Crippen LogP contribution in [0.3, 0.4) is 0 Å². The van der Waals surface area contributed by atoms with Gasteiger partial charge in [0.1, 0.15) is 5.60 Å². The van der Waals surface area contributed by atoms with Gasteiger partial charge in [-0.2, -0.15) is 5.10 Å². The Morgan fingerprint density at radius 3 is 2.56 bits per heavy atom. The van der Waals surface area contributed by atoms with Crippen molar-refractivity contribution in [3.8, 4) is 0 Å². The second-order valence-electron chi connectivity index (χ2n) is 4.66. The summed E-state index contributed by atoms with van der Waals surface area (Å²) in [6, 6.07) is 9.82. The summed E-state index contributed by atoms with van der Waals surface area (Å²) in [4.78, 5) is 11.2. The number of rotatable bonds is 3. The van der Waals surface area contributed by atoms with E-state index in [1.54, 1.807) is 26.8 Å². The van der Waals surface area contributed by atoms with Crippen LogP contribution in [0, 0.1) is 0 Å². The number of carbonyl (C=O) groups is 1. The number of nitrogens with one attached hydrogen (secondary N) is 1. The minimum Gasteiger partial charge on any atom is -0.443 e. The van der Waals surface area contributed by atoms with E-state index in [1.807, 2.05) is 36.4 Å². The number of carbonyl (C=O) groups excluding carboxylic acids is 1. The molecule has 0 saturated heterocycles. The topological polar surface area (TPSA) is 50.7 Å². The third kappa shape index (κ3) is 6.48. The zero-order chi connectivity index (χ0) is 13.4. The van der Waals surface area contributed by atoms with Crippen LogP contribution in [0.5, 0.6) is 0 Å². The van der Waals surface area contributed by atoms with Crippen molar-refractivity contribution in [1.29, 1.82) is 0 Å². The molecule has 0 aromatic heterocycles. The van der Waals surface area contributed by atoms with E-state index in [4.69, 9.17) is 4.74 Å². The summed E-state index contributed by atoms with van der Waals surface area (Å²) in [6.07, 6.45) is 4.57. The number of amides is 1. The third-order valence-electron chi connectivity index (χ3n) is 1.80. The van der Waals surface area contributed by atoms with Gasteiger partial charge in [-0.1, -0.05) is 36.4 Å². The first-order valence-corrected chi connectivity index (χ1v) is 5.71. The van der Waals surface area contributed by atoms with Crippen LogP contribution in [0.15, 0.2) is 41.5 Å². The summed E-state index contributed by atoms with van der Waals surface area (Å²) < 4.78 is 5.01. The minimum absolute atomic E-state index is 0.514. The standard InChI is InChI=1S/C14H18N2O2/c1-14(2,3)18-13(17)16-15-11-7-10-12-8-5-4-6-9-12/h4-11H,1-3H3,(H,16,17)/b10-7+,15-11+. The van der Waals surface area contributed by atoms with Crippen molar-refractivity contribution in [2.24, 2.45) is 5.10 Å². The maximum Gasteiger partial charge on any atom is 0.428 e. The predicted molar refractivity (Wildman–Crippen MR) is 73.3 cm³/mol. The van der Waals surface area contributed by atoms with E-state index >= 15 is 0 Å². The van der Waals surface area contributed by atoms with Crippen molar-refractivity contribution in [2.45, 2.75) is 26.4 Å². The highest BCUT2D eigenvalue weighted by atomic mass is 16.6. The number of nitrogens with zero attached hydrogens (tertiary/aromatic N) is 1. The Kier molecular flexibility index (Phi) is 5.11. The normalized spacial score (nSPS) is 11.9. The first-order chi connectivity index (χ1) is 8.47. The van der Waals surface area contributed by atoms with Gasteiger partial charge in [0.2, 0.25) is 0 Å². The van der Waals surface area contributed by atoms with Gasteiger partial charge < -0.3 is 4.74 Å². The molecule has 1 aromatic carbocycles. The largest absolute Gasteiger partial charge is 0.443 e. The van der Waals surface area contributed by atoms with Crippen molar-refractivity contribution < 1.29 is 9.53 Å². The molecule has 0 heterocycles. The highest BCUT2D eigenvalue weighted by molar-refractivity contribution is 5.79. The zero-order valence-electron chi connectivity index (χ0n) is 10.9. The molecule has 1 amide bonds. The maximum absolute atomic E-state index is 11.2. The summed E-state index contributed by atoms with van der Waals surface area (Å²) >= 11 is 0. The van der Waals surface area contributed by atoms with Crippen molar-refractivity contribution >= 4 is 18.4 Å². The van der Waals surface area contributed by atoms with Crippen molar-refractivity contribution in [1.82, 2.24) is 5.43 Å². The fraction of sp³-hybridized carbons (Fsp3) is 0.286. The number of benzene rings is 1. The maximum atomic E-state index is 11.2. The first kappa shape index (κ1) is 14.0. The molecular formula is C14H18N2O2. The van der Waals surface area contributed by atoms with Crippen LogP contribution in [0.1, 0.15) is 26.3 Å². The lowest BCUT2D eigenvalue weighted by molar-refractivity contribution is 0.0529. The van der Waals surface area contributed by atoms with E-state index in [0.717, 1.165) is 5.56 Å².